The highest BCUT2D eigenvalue weighted by atomic mass is 19.4. The van der Waals surface area contributed by atoms with Gasteiger partial charge in [-0.05, 0) is 48.4 Å². The van der Waals surface area contributed by atoms with E-state index in [-0.39, 0.29) is 17.4 Å². The fourth-order valence-electron chi connectivity index (χ4n) is 5.00. The SMILES string of the molecule is Cn1nccc1-c1ccc(C(F)(F)F)cc1NC(=O)Nc1cnc(Oc2ccc(-c3cnn4ccc(N5CCC5)nc34)cc2)nc1. The second kappa shape index (κ2) is 11.5. The average molecular weight is 627 g/mol. The minimum atomic E-state index is -4.59. The summed E-state index contributed by atoms with van der Waals surface area (Å²) in [5, 5.41) is 13.5. The van der Waals surface area contributed by atoms with Gasteiger partial charge < -0.3 is 20.3 Å². The molecule has 4 aromatic heterocycles. The molecule has 46 heavy (non-hydrogen) atoms. The Morgan fingerprint density at radius 2 is 1.70 bits per heavy atom. The van der Waals surface area contributed by atoms with Crippen LogP contribution in [0.2, 0.25) is 0 Å². The fraction of sp³-hybridized carbons (Fsp3) is 0.161. The number of ether oxygens (including phenoxy) is 1. The molecule has 1 saturated heterocycles. The highest BCUT2D eigenvalue weighted by Gasteiger charge is 2.31. The van der Waals surface area contributed by atoms with Crippen LogP contribution < -0.4 is 20.3 Å². The minimum absolute atomic E-state index is 0.0342. The van der Waals surface area contributed by atoms with Crippen LogP contribution in [-0.4, -0.2) is 53.5 Å². The van der Waals surface area contributed by atoms with Gasteiger partial charge >= 0.3 is 18.2 Å². The van der Waals surface area contributed by atoms with E-state index in [1.54, 1.807) is 36.0 Å². The molecule has 2 aromatic carbocycles. The summed E-state index contributed by atoms with van der Waals surface area (Å²) in [5.74, 6) is 1.42. The summed E-state index contributed by atoms with van der Waals surface area (Å²) in [6.07, 6.45) is 4.41. The molecule has 0 radical (unpaired) electrons. The van der Waals surface area contributed by atoms with Crippen molar-refractivity contribution >= 4 is 28.9 Å². The van der Waals surface area contributed by atoms with Crippen LogP contribution in [0.4, 0.5) is 35.2 Å². The van der Waals surface area contributed by atoms with Crippen LogP contribution in [0.1, 0.15) is 12.0 Å². The highest BCUT2D eigenvalue weighted by molar-refractivity contribution is 6.02. The number of benzene rings is 2. The number of alkyl halides is 3. The number of carbonyl (C=O) groups excluding carboxylic acids is 1. The second-order valence-electron chi connectivity index (χ2n) is 10.5. The van der Waals surface area contributed by atoms with E-state index in [1.165, 1.54) is 29.3 Å². The van der Waals surface area contributed by atoms with Crippen molar-refractivity contribution in [3.63, 3.8) is 0 Å². The fourth-order valence-corrected chi connectivity index (χ4v) is 5.00. The van der Waals surface area contributed by atoms with Crippen molar-refractivity contribution in [1.29, 1.82) is 0 Å². The van der Waals surface area contributed by atoms with E-state index in [9.17, 15) is 18.0 Å². The van der Waals surface area contributed by atoms with Gasteiger partial charge in [0.25, 0.3) is 0 Å². The topological polar surface area (TPSA) is 127 Å². The Balaban J connectivity index is 1.02. The van der Waals surface area contributed by atoms with Gasteiger partial charge in [-0.2, -0.15) is 23.4 Å². The number of urea groups is 1. The van der Waals surface area contributed by atoms with Crippen molar-refractivity contribution < 1.29 is 22.7 Å². The van der Waals surface area contributed by atoms with Gasteiger partial charge in [0.2, 0.25) is 0 Å². The first-order chi connectivity index (χ1) is 22.2. The Kier molecular flexibility index (Phi) is 7.19. The quantitative estimate of drug-likeness (QED) is 0.213. The van der Waals surface area contributed by atoms with E-state index in [2.05, 4.69) is 35.7 Å². The number of hydrogen-bond donors (Lipinski definition) is 2. The predicted octanol–water partition coefficient (Wildman–Crippen LogP) is 6.25. The van der Waals surface area contributed by atoms with E-state index < -0.39 is 17.8 Å². The molecule has 2 amide bonds. The van der Waals surface area contributed by atoms with Gasteiger partial charge in [0.05, 0.1) is 41.2 Å². The van der Waals surface area contributed by atoms with Crippen molar-refractivity contribution in [2.24, 2.45) is 7.05 Å². The average Bonchev–Trinajstić information content (AvgIpc) is 3.63. The van der Waals surface area contributed by atoms with Crippen LogP contribution in [-0.2, 0) is 13.2 Å². The van der Waals surface area contributed by atoms with E-state index in [0.29, 0.717) is 17.0 Å². The summed E-state index contributed by atoms with van der Waals surface area (Å²) >= 11 is 0. The van der Waals surface area contributed by atoms with E-state index >= 15 is 0 Å². The summed E-state index contributed by atoms with van der Waals surface area (Å²) < 4.78 is 49.2. The molecule has 2 N–H and O–H groups in total. The maximum Gasteiger partial charge on any atom is 0.416 e. The number of halogens is 3. The summed E-state index contributed by atoms with van der Waals surface area (Å²) in [6, 6.07) is 13.3. The normalized spacial score (nSPS) is 13.0. The maximum atomic E-state index is 13.4. The van der Waals surface area contributed by atoms with Gasteiger partial charge in [-0.25, -0.2) is 24.3 Å². The van der Waals surface area contributed by atoms with E-state index in [1.807, 2.05) is 24.4 Å². The molecule has 232 valence electrons. The van der Waals surface area contributed by atoms with Crippen molar-refractivity contribution in [3.8, 4) is 34.1 Å². The molecule has 5 heterocycles. The first kappa shape index (κ1) is 28.8. The van der Waals surface area contributed by atoms with Gasteiger partial charge in [0, 0.05) is 43.7 Å². The zero-order valence-corrected chi connectivity index (χ0v) is 24.2. The van der Waals surface area contributed by atoms with Gasteiger partial charge in [0.1, 0.15) is 11.6 Å². The molecular weight excluding hydrogens is 601 g/mol. The Hall–Kier alpha value is -5.99. The Morgan fingerprint density at radius 3 is 2.37 bits per heavy atom. The molecule has 0 unspecified atom stereocenters. The third-order valence-corrected chi connectivity index (χ3v) is 7.49. The van der Waals surface area contributed by atoms with Crippen molar-refractivity contribution in [1.82, 2.24) is 34.3 Å². The predicted molar refractivity (Wildman–Crippen MR) is 164 cm³/mol. The number of nitrogens with zero attached hydrogens (tertiary/aromatic N) is 8. The van der Waals surface area contributed by atoms with Crippen LogP contribution in [0.3, 0.4) is 0 Å². The van der Waals surface area contributed by atoms with Gasteiger partial charge in [-0.3, -0.25) is 4.68 Å². The summed E-state index contributed by atoms with van der Waals surface area (Å²) in [7, 11) is 1.65. The molecule has 0 spiro atoms. The standard InChI is InChI=1S/C31H25F3N10O2/c1-42-26(9-11-37-42)23-8-5-20(31(32,33)34)15-25(23)40-29(45)39-21-16-35-30(36-17-21)46-22-6-3-19(4-7-22)24-18-38-44-14-10-27(41-28(24)44)43-12-2-13-43/h3-11,14-18H,2,12-13H2,1H3,(H2,39,40,45). The monoisotopic (exact) mass is 626 g/mol. The number of carbonyl (C=O) groups is 1. The zero-order valence-electron chi connectivity index (χ0n) is 24.2. The lowest BCUT2D eigenvalue weighted by Gasteiger charge is -2.31. The number of nitrogens with one attached hydrogen (secondary N) is 2. The van der Waals surface area contributed by atoms with Gasteiger partial charge in [-0.15, -0.1) is 0 Å². The third-order valence-electron chi connectivity index (χ3n) is 7.49. The van der Waals surface area contributed by atoms with Crippen LogP contribution in [0.5, 0.6) is 11.8 Å². The number of amides is 2. The van der Waals surface area contributed by atoms with Crippen molar-refractivity contribution in [2.45, 2.75) is 12.6 Å². The molecule has 0 bridgehead atoms. The lowest BCUT2D eigenvalue weighted by atomic mass is 10.1. The first-order valence-corrected chi connectivity index (χ1v) is 14.2. The second-order valence-corrected chi connectivity index (χ2v) is 10.5. The molecule has 0 atom stereocenters. The summed E-state index contributed by atoms with van der Waals surface area (Å²) in [5.41, 5.74) is 2.69. The Morgan fingerprint density at radius 1 is 0.913 bits per heavy atom. The van der Waals surface area contributed by atoms with Crippen LogP contribution >= 0.6 is 0 Å². The van der Waals surface area contributed by atoms with Crippen LogP contribution in [0.15, 0.2) is 85.6 Å². The number of rotatable bonds is 7. The highest BCUT2D eigenvalue weighted by Crippen LogP contribution is 2.36. The number of aryl methyl sites for hydroxylation is 1. The lowest BCUT2D eigenvalue weighted by Crippen LogP contribution is -2.37. The van der Waals surface area contributed by atoms with Gasteiger partial charge in [-0.1, -0.05) is 18.2 Å². The molecule has 1 aliphatic heterocycles. The molecule has 1 aliphatic rings. The number of anilines is 3. The minimum Gasteiger partial charge on any atom is -0.424 e. The Bertz CT molecular complexity index is 2040. The summed E-state index contributed by atoms with van der Waals surface area (Å²) in [6.45, 7) is 2.00. The maximum absolute atomic E-state index is 13.4. The summed E-state index contributed by atoms with van der Waals surface area (Å²) in [4.78, 5) is 28.1. The molecule has 15 heteroatoms. The van der Waals surface area contributed by atoms with Crippen LogP contribution in [0.25, 0.3) is 28.0 Å². The largest absolute Gasteiger partial charge is 0.424 e. The van der Waals surface area contributed by atoms with E-state index in [0.717, 1.165) is 54.2 Å². The number of hydrogen-bond acceptors (Lipinski definition) is 8. The number of aromatic nitrogens is 7. The molecule has 1 fully saturated rings. The lowest BCUT2D eigenvalue weighted by molar-refractivity contribution is -0.137. The Labute approximate surface area is 259 Å². The molecule has 7 rings (SSSR count). The van der Waals surface area contributed by atoms with Crippen LogP contribution in [0, 0.1) is 0 Å². The van der Waals surface area contributed by atoms with Crippen molar-refractivity contribution in [3.05, 3.63) is 91.1 Å². The first-order valence-electron chi connectivity index (χ1n) is 14.2. The molecule has 12 nitrogen and oxygen atoms in total. The zero-order chi connectivity index (χ0) is 31.8. The van der Waals surface area contributed by atoms with Gasteiger partial charge in [0.15, 0.2) is 5.65 Å². The molecular formula is C31H25F3N10O2. The van der Waals surface area contributed by atoms with Crippen molar-refractivity contribution in [2.75, 3.05) is 28.6 Å². The van der Waals surface area contributed by atoms with E-state index in [4.69, 9.17) is 9.72 Å². The molecule has 6 aromatic rings. The molecule has 0 aliphatic carbocycles. The smallest absolute Gasteiger partial charge is 0.416 e. The molecule has 0 saturated carbocycles. The third kappa shape index (κ3) is 5.77. The number of fused-ring (bicyclic) bond motifs is 1.